The summed E-state index contributed by atoms with van der Waals surface area (Å²) in [7, 11) is 0. The van der Waals surface area contributed by atoms with Crippen molar-refractivity contribution < 1.29 is 14.7 Å². The van der Waals surface area contributed by atoms with Gasteiger partial charge in [-0.2, -0.15) is 0 Å². The van der Waals surface area contributed by atoms with E-state index in [9.17, 15) is 9.59 Å². The van der Waals surface area contributed by atoms with Crippen LogP contribution in [0.5, 0.6) is 0 Å². The molecule has 0 aromatic rings. The minimum absolute atomic E-state index is 0.106. The normalized spacial score (nSPS) is 25.5. The van der Waals surface area contributed by atoms with E-state index in [1.165, 1.54) is 0 Å². The molecule has 0 radical (unpaired) electrons. The van der Waals surface area contributed by atoms with Crippen LogP contribution in [0, 0.1) is 5.41 Å². The maximum atomic E-state index is 11.8. The van der Waals surface area contributed by atoms with Crippen LogP contribution in [0.4, 0.5) is 0 Å². The van der Waals surface area contributed by atoms with Gasteiger partial charge in [-0.05, 0) is 26.2 Å². The van der Waals surface area contributed by atoms with E-state index < -0.39 is 11.4 Å². The first-order chi connectivity index (χ1) is 7.49. The molecule has 1 aliphatic heterocycles. The first-order valence-corrected chi connectivity index (χ1v) is 6.01. The summed E-state index contributed by atoms with van der Waals surface area (Å²) in [5.74, 6) is -0.686. The highest BCUT2D eigenvalue weighted by Crippen LogP contribution is 2.30. The van der Waals surface area contributed by atoms with E-state index in [2.05, 4.69) is 0 Å². The van der Waals surface area contributed by atoms with Gasteiger partial charge in [0.05, 0.1) is 5.41 Å². The molecule has 1 heterocycles. The van der Waals surface area contributed by atoms with Gasteiger partial charge in [-0.3, -0.25) is 9.59 Å². The molecule has 0 saturated carbocycles. The van der Waals surface area contributed by atoms with Crippen LogP contribution in [0.2, 0.25) is 0 Å². The van der Waals surface area contributed by atoms with Crippen molar-refractivity contribution in [2.75, 3.05) is 13.1 Å². The maximum absolute atomic E-state index is 11.8. The van der Waals surface area contributed by atoms with Crippen LogP contribution in [0.25, 0.3) is 0 Å². The third-order valence-corrected chi connectivity index (χ3v) is 3.31. The van der Waals surface area contributed by atoms with Crippen LogP contribution < -0.4 is 0 Å². The highest BCUT2D eigenvalue weighted by molar-refractivity contribution is 5.79. The van der Waals surface area contributed by atoms with Crippen LogP contribution in [0.3, 0.4) is 0 Å². The molecule has 16 heavy (non-hydrogen) atoms. The minimum Gasteiger partial charge on any atom is -0.481 e. The van der Waals surface area contributed by atoms with Gasteiger partial charge in [-0.25, -0.2) is 0 Å². The zero-order valence-corrected chi connectivity index (χ0v) is 10.2. The second-order valence-electron chi connectivity index (χ2n) is 4.89. The summed E-state index contributed by atoms with van der Waals surface area (Å²) in [5, 5.41) is 9.14. The first kappa shape index (κ1) is 13.0. The van der Waals surface area contributed by atoms with Crippen molar-refractivity contribution in [2.45, 2.75) is 46.0 Å². The number of carbonyl (C=O) groups is 2. The Morgan fingerprint density at radius 3 is 2.69 bits per heavy atom. The van der Waals surface area contributed by atoms with Crippen molar-refractivity contribution >= 4 is 11.9 Å². The lowest BCUT2D eigenvalue weighted by Crippen LogP contribution is -2.48. The fourth-order valence-corrected chi connectivity index (χ4v) is 2.11. The Morgan fingerprint density at radius 2 is 2.12 bits per heavy atom. The third-order valence-electron chi connectivity index (χ3n) is 3.31. The maximum Gasteiger partial charge on any atom is 0.311 e. The molecular formula is C12H21NO3. The molecule has 0 aromatic carbocycles. The summed E-state index contributed by atoms with van der Waals surface area (Å²) in [5.41, 5.74) is -0.750. The molecule has 0 spiro atoms. The number of aliphatic carboxylic acids is 1. The van der Waals surface area contributed by atoms with Gasteiger partial charge in [0.1, 0.15) is 0 Å². The fraction of sp³-hybridized carbons (Fsp3) is 0.833. The molecule has 0 aromatic heterocycles. The van der Waals surface area contributed by atoms with E-state index >= 15 is 0 Å². The van der Waals surface area contributed by atoms with E-state index in [0.717, 1.165) is 19.3 Å². The molecule has 0 aliphatic carbocycles. The summed E-state index contributed by atoms with van der Waals surface area (Å²) < 4.78 is 0. The van der Waals surface area contributed by atoms with Crippen LogP contribution in [-0.2, 0) is 9.59 Å². The van der Waals surface area contributed by atoms with E-state index in [1.54, 1.807) is 11.8 Å². The summed E-state index contributed by atoms with van der Waals surface area (Å²) in [6.07, 6.45) is 3.89. The van der Waals surface area contributed by atoms with Crippen molar-refractivity contribution in [3.63, 3.8) is 0 Å². The number of carboxylic acid groups (broad SMARTS) is 1. The van der Waals surface area contributed by atoms with E-state index in [-0.39, 0.29) is 5.91 Å². The Morgan fingerprint density at radius 1 is 1.44 bits per heavy atom. The average Bonchev–Trinajstić information content (AvgIpc) is 2.25. The molecule has 1 amide bonds. The molecule has 1 rings (SSSR count). The highest BCUT2D eigenvalue weighted by atomic mass is 16.4. The summed E-state index contributed by atoms with van der Waals surface area (Å²) in [4.78, 5) is 24.6. The largest absolute Gasteiger partial charge is 0.481 e. The second-order valence-corrected chi connectivity index (χ2v) is 4.89. The van der Waals surface area contributed by atoms with E-state index in [1.807, 2.05) is 6.92 Å². The second kappa shape index (κ2) is 5.32. The van der Waals surface area contributed by atoms with Crippen LogP contribution in [-0.4, -0.2) is 35.0 Å². The minimum atomic E-state index is -0.791. The Hall–Kier alpha value is -1.06. The fourth-order valence-electron chi connectivity index (χ4n) is 2.11. The van der Waals surface area contributed by atoms with E-state index in [4.69, 9.17) is 5.11 Å². The van der Waals surface area contributed by atoms with Crippen molar-refractivity contribution in [1.29, 1.82) is 0 Å². The first-order valence-electron chi connectivity index (χ1n) is 6.01. The third kappa shape index (κ3) is 2.97. The lowest BCUT2D eigenvalue weighted by atomic mass is 9.82. The van der Waals surface area contributed by atoms with Crippen LogP contribution in [0.15, 0.2) is 0 Å². The van der Waals surface area contributed by atoms with Crippen molar-refractivity contribution in [3.8, 4) is 0 Å². The summed E-state index contributed by atoms with van der Waals surface area (Å²) in [6, 6.07) is 0. The summed E-state index contributed by atoms with van der Waals surface area (Å²) >= 11 is 0. The van der Waals surface area contributed by atoms with Gasteiger partial charge < -0.3 is 10.0 Å². The number of unbranched alkanes of at least 4 members (excludes halogenated alkanes) is 1. The molecule has 4 heteroatoms. The lowest BCUT2D eigenvalue weighted by molar-refractivity contribution is -0.153. The lowest BCUT2D eigenvalue weighted by Gasteiger charge is -2.37. The van der Waals surface area contributed by atoms with Crippen LogP contribution in [0.1, 0.15) is 46.0 Å². The molecule has 0 bridgehead atoms. The van der Waals surface area contributed by atoms with Gasteiger partial charge in [-0.15, -0.1) is 0 Å². The number of rotatable bonds is 4. The van der Waals surface area contributed by atoms with Crippen molar-refractivity contribution in [1.82, 2.24) is 4.90 Å². The molecule has 4 nitrogen and oxygen atoms in total. The number of likely N-dealkylation sites (tertiary alicyclic amines) is 1. The smallest absolute Gasteiger partial charge is 0.311 e. The van der Waals surface area contributed by atoms with Gasteiger partial charge >= 0.3 is 5.97 Å². The number of carbonyl (C=O) groups excluding carboxylic acids is 1. The van der Waals surface area contributed by atoms with Crippen molar-refractivity contribution in [3.05, 3.63) is 0 Å². The molecule has 1 unspecified atom stereocenters. The predicted molar refractivity (Wildman–Crippen MR) is 61.1 cm³/mol. The zero-order valence-electron chi connectivity index (χ0n) is 10.2. The molecule has 1 fully saturated rings. The number of nitrogens with zero attached hydrogens (tertiary/aromatic N) is 1. The molecule has 92 valence electrons. The van der Waals surface area contributed by atoms with Gasteiger partial charge in [0, 0.05) is 19.5 Å². The topological polar surface area (TPSA) is 57.6 Å². The molecule has 1 N–H and O–H groups in total. The van der Waals surface area contributed by atoms with Gasteiger partial charge in [0.25, 0.3) is 0 Å². The Kier molecular flexibility index (Phi) is 4.33. The van der Waals surface area contributed by atoms with Gasteiger partial charge in [0.15, 0.2) is 0 Å². The molecular weight excluding hydrogens is 206 g/mol. The van der Waals surface area contributed by atoms with Crippen molar-refractivity contribution in [2.24, 2.45) is 5.41 Å². The molecule has 1 saturated heterocycles. The van der Waals surface area contributed by atoms with E-state index in [0.29, 0.717) is 25.9 Å². The number of piperidine rings is 1. The Bertz CT molecular complexity index is 277. The number of amides is 1. The van der Waals surface area contributed by atoms with Gasteiger partial charge in [0.2, 0.25) is 5.91 Å². The standard InChI is InChI=1S/C12H21NO3/c1-3-4-6-10(14)13-8-5-7-12(2,9-13)11(15)16/h3-9H2,1-2H3,(H,15,16). The monoisotopic (exact) mass is 227 g/mol. The molecule has 1 aliphatic rings. The molecule has 1 atom stereocenters. The average molecular weight is 227 g/mol. The van der Waals surface area contributed by atoms with Gasteiger partial charge in [-0.1, -0.05) is 13.3 Å². The summed E-state index contributed by atoms with van der Waals surface area (Å²) in [6.45, 7) is 4.86. The predicted octanol–water partition coefficient (Wildman–Crippen LogP) is 1.89. The Labute approximate surface area is 96.6 Å². The quantitative estimate of drug-likeness (QED) is 0.798. The number of hydrogen-bond donors (Lipinski definition) is 1. The van der Waals surface area contributed by atoms with Crippen LogP contribution >= 0.6 is 0 Å². The highest BCUT2D eigenvalue weighted by Gasteiger charge is 2.38. The number of hydrogen-bond acceptors (Lipinski definition) is 2. The Balaban J connectivity index is 2.56. The number of carboxylic acids is 1. The SMILES string of the molecule is CCCCC(=O)N1CCCC(C)(C(=O)O)C1. The zero-order chi connectivity index (χ0) is 12.2.